The van der Waals surface area contributed by atoms with Gasteiger partial charge in [-0.25, -0.2) is 4.98 Å². The molecule has 0 saturated heterocycles. The number of rotatable bonds is 7. The van der Waals surface area contributed by atoms with E-state index in [0.29, 0.717) is 10.5 Å². The molecular weight excluding hydrogens is 374 g/mol. The van der Waals surface area contributed by atoms with Gasteiger partial charge in [-0.3, -0.25) is 19.5 Å². The van der Waals surface area contributed by atoms with Gasteiger partial charge < -0.3 is 9.84 Å². The van der Waals surface area contributed by atoms with Gasteiger partial charge >= 0.3 is 0 Å². The van der Waals surface area contributed by atoms with Crippen molar-refractivity contribution in [2.45, 2.75) is 19.3 Å². The molecule has 0 spiro atoms. The van der Waals surface area contributed by atoms with E-state index in [2.05, 4.69) is 4.98 Å². The van der Waals surface area contributed by atoms with Crippen molar-refractivity contribution in [1.29, 1.82) is 0 Å². The fourth-order valence-electron chi connectivity index (χ4n) is 2.59. The number of aliphatic hydroxyl groups excluding tert-OH is 1. The van der Waals surface area contributed by atoms with Crippen LogP contribution in [0, 0.1) is 10.1 Å². The first-order valence-electron chi connectivity index (χ1n) is 8.08. The van der Waals surface area contributed by atoms with E-state index in [0.717, 1.165) is 5.56 Å². The Morgan fingerprint density at radius 2 is 2.07 bits per heavy atom. The first-order valence-corrected chi connectivity index (χ1v) is 8.46. The summed E-state index contributed by atoms with van der Waals surface area (Å²) >= 11 is 6.04. The molecule has 140 valence electrons. The van der Waals surface area contributed by atoms with E-state index < -0.39 is 16.6 Å². The Bertz CT molecular complexity index is 1040. The molecule has 3 aromatic rings. The average Bonchev–Trinajstić information content (AvgIpc) is 2.65. The summed E-state index contributed by atoms with van der Waals surface area (Å²) in [5.41, 5.74) is 0.492. The van der Waals surface area contributed by atoms with Gasteiger partial charge in [0.25, 0.3) is 11.2 Å². The van der Waals surface area contributed by atoms with Crippen LogP contribution >= 0.6 is 11.6 Å². The van der Waals surface area contributed by atoms with Crippen LogP contribution in [0.3, 0.4) is 0 Å². The van der Waals surface area contributed by atoms with Crippen molar-refractivity contribution in [1.82, 2.24) is 9.55 Å². The number of nitro groups is 1. The van der Waals surface area contributed by atoms with Crippen LogP contribution in [0.5, 0.6) is 0 Å². The number of aromatic nitrogens is 2. The minimum atomic E-state index is -0.955. The molecule has 3 rings (SSSR count). The maximum absolute atomic E-state index is 12.5. The van der Waals surface area contributed by atoms with E-state index in [1.807, 2.05) is 18.2 Å². The molecular formula is C18H16ClN3O5. The number of ether oxygens (including phenoxy) is 1. The minimum absolute atomic E-state index is 0.00929. The van der Waals surface area contributed by atoms with Gasteiger partial charge in [-0.15, -0.1) is 0 Å². The lowest BCUT2D eigenvalue weighted by Crippen LogP contribution is -2.29. The van der Waals surface area contributed by atoms with Crippen LogP contribution < -0.4 is 5.56 Å². The Kier molecular flexibility index (Phi) is 5.80. The summed E-state index contributed by atoms with van der Waals surface area (Å²) in [6, 6.07) is 11.1. The molecule has 0 radical (unpaired) electrons. The zero-order chi connectivity index (χ0) is 19.4. The van der Waals surface area contributed by atoms with Crippen LogP contribution in [0.1, 0.15) is 5.56 Å². The summed E-state index contributed by atoms with van der Waals surface area (Å²) in [5, 5.41) is 21.7. The molecule has 1 atom stereocenters. The topological polar surface area (TPSA) is 107 Å². The summed E-state index contributed by atoms with van der Waals surface area (Å²) in [4.78, 5) is 26.9. The predicted octanol–water partition coefficient (Wildman–Crippen LogP) is 2.54. The van der Waals surface area contributed by atoms with E-state index >= 15 is 0 Å². The van der Waals surface area contributed by atoms with Crippen LogP contribution in [-0.2, 0) is 17.9 Å². The largest absolute Gasteiger partial charge is 0.389 e. The van der Waals surface area contributed by atoms with E-state index in [1.165, 1.54) is 29.1 Å². The fraction of sp³-hybridized carbons (Fsp3) is 0.222. The van der Waals surface area contributed by atoms with Crippen LogP contribution in [0.15, 0.2) is 53.6 Å². The van der Waals surface area contributed by atoms with Gasteiger partial charge in [-0.2, -0.15) is 0 Å². The van der Waals surface area contributed by atoms with Crippen molar-refractivity contribution < 1.29 is 14.8 Å². The summed E-state index contributed by atoms with van der Waals surface area (Å²) in [6.45, 7) is 0.172. The zero-order valence-electron chi connectivity index (χ0n) is 14.1. The molecule has 1 N–H and O–H groups in total. The lowest BCUT2D eigenvalue weighted by atomic mass is 10.2. The number of benzene rings is 2. The highest BCUT2D eigenvalue weighted by Gasteiger charge is 2.13. The van der Waals surface area contributed by atoms with Gasteiger partial charge in [0.15, 0.2) is 0 Å². The molecule has 1 aromatic heterocycles. The quantitative estimate of drug-likeness (QED) is 0.491. The van der Waals surface area contributed by atoms with Crippen molar-refractivity contribution >= 4 is 28.2 Å². The average molecular weight is 390 g/mol. The van der Waals surface area contributed by atoms with Gasteiger partial charge in [-0.05, 0) is 17.7 Å². The Hall–Kier alpha value is -2.81. The second-order valence-corrected chi connectivity index (χ2v) is 6.33. The highest BCUT2D eigenvalue weighted by molar-refractivity contribution is 6.31. The Morgan fingerprint density at radius 1 is 1.30 bits per heavy atom. The van der Waals surface area contributed by atoms with Gasteiger partial charge in [0.2, 0.25) is 0 Å². The lowest BCUT2D eigenvalue weighted by Gasteiger charge is -2.13. The fourth-order valence-corrected chi connectivity index (χ4v) is 2.78. The number of hydrogen-bond acceptors (Lipinski definition) is 6. The van der Waals surface area contributed by atoms with Crippen molar-refractivity contribution in [2.24, 2.45) is 0 Å². The molecule has 0 aliphatic carbocycles. The van der Waals surface area contributed by atoms with Gasteiger partial charge in [-0.1, -0.05) is 29.8 Å². The van der Waals surface area contributed by atoms with Gasteiger partial charge in [0.1, 0.15) is 0 Å². The zero-order valence-corrected chi connectivity index (χ0v) is 14.9. The molecule has 9 heteroatoms. The Balaban J connectivity index is 1.68. The van der Waals surface area contributed by atoms with Crippen molar-refractivity contribution in [3.8, 4) is 0 Å². The molecule has 0 aliphatic heterocycles. The molecule has 0 saturated carbocycles. The third kappa shape index (κ3) is 4.48. The van der Waals surface area contributed by atoms with Crippen LogP contribution in [0.2, 0.25) is 5.02 Å². The molecule has 0 bridgehead atoms. The Labute approximate surface area is 158 Å². The van der Waals surface area contributed by atoms with Gasteiger partial charge in [0, 0.05) is 17.2 Å². The molecule has 2 aromatic carbocycles. The van der Waals surface area contributed by atoms with E-state index in [1.54, 1.807) is 6.07 Å². The molecule has 0 unspecified atom stereocenters. The first-order chi connectivity index (χ1) is 13.0. The lowest BCUT2D eigenvalue weighted by molar-refractivity contribution is -0.384. The van der Waals surface area contributed by atoms with Gasteiger partial charge in [0.05, 0.1) is 48.0 Å². The summed E-state index contributed by atoms with van der Waals surface area (Å²) in [5.74, 6) is 0. The molecule has 8 nitrogen and oxygen atoms in total. The number of nitro benzene ring substituents is 1. The Morgan fingerprint density at radius 3 is 2.81 bits per heavy atom. The highest BCUT2D eigenvalue weighted by Crippen LogP contribution is 2.17. The van der Waals surface area contributed by atoms with E-state index in [4.69, 9.17) is 16.3 Å². The summed E-state index contributed by atoms with van der Waals surface area (Å²) in [7, 11) is 0. The van der Waals surface area contributed by atoms with E-state index in [9.17, 15) is 20.0 Å². The smallest absolute Gasteiger partial charge is 0.270 e. The summed E-state index contributed by atoms with van der Waals surface area (Å²) < 4.78 is 6.66. The van der Waals surface area contributed by atoms with Crippen molar-refractivity contribution in [3.05, 3.63) is 79.8 Å². The van der Waals surface area contributed by atoms with E-state index in [-0.39, 0.29) is 30.8 Å². The van der Waals surface area contributed by atoms with Crippen LogP contribution in [0.4, 0.5) is 5.69 Å². The molecule has 0 aliphatic rings. The predicted molar refractivity (Wildman–Crippen MR) is 99.8 cm³/mol. The SMILES string of the molecule is O=c1c2cc([N+](=O)[O-])ccc2ncn1C[C@@H](O)COCc1ccccc1Cl. The van der Waals surface area contributed by atoms with Crippen LogP contribution in [-0.4, -0.2) is 32.3 Å². The number of halogens is 1. The monoisotopic (exact) mass is 389 g/mol. The van der Waals surface area contributed by atoms with Crippen molar-refractivity contribution in [2.75, 3.05) is 6.61 Å². The minimum Gasteiger partial charge on any atom is -0.389 e. The number of hydrogen-bond donors (Lipinski definition) is 1. The van der Waals surface area contributed by atoms with Crippen molar-refractivity contribution in [3.63, 3.8) is 0 Å². The maximum Gasteiger partial charge on any atom is 0.270 e. The number of nitrogens with zero attached hydrogens (tertiary/aromatic N) is 3. The summed E-state index contributed by atoms with van der Waals surface area (Å²) in [6.07, 6.45) is 0.344. The second kappa shape index (κ2) is 8.26. The second-order valence-electron chi connectivity index (χ2n) is 5.92. The molecule has 0 fully saturated rings. The normalized spacial score (nSPS) is 12.2. The number of fused-ring (bicyclic) bond motifs is 1. The third-order valence-corrected chi connectivity index (χ3v) is 4.32. The third-order valence-electron chi connectivity index (χ3n) is 3.95. The number of aliphatic hydroxyl groups is 1. The standard InChI is InChI=1S/C18H16ClN3O5/c19-16-4-2-1-3-12(16)9-27-10-14(23)8-21-11-20-17-6-5-13(22(25)26)7-15(17)18(21)24/h1-7,11,14,23H,8-10H2/t14-/m1/s1. The van der Waals surface area contributed by atoms with Crippen LogP contribution in [0.25, 0.3) is 10.9 Å². The molecule has 1 heterocycles. The molecule has 0 amide bonds. The highest BCUT2D eigenvalue weighted by atomic mass is 35.5. The number of non-ortho nitro benzene ring substituents is 1. The first kappa shape index (κ1) is 19.0. The molecule has 27 heavy (non-hydrogen) atoms. The maximum atomic E-state index is 12.5.